The molecule has 3 nitrogen and oxygen atoms in total. The molecular weight excluding hydrogens is 271 g/mol. The van der Waals surface area contributed by atoms with E-state index in [1.165, 1.54) is 18.3 Å². The zero-order chi connectivity index (χ0) is 13.3. The molecule has 1 aromatic heterocycles. The van der Waals surface area contributed by atoms with Crippen LogP contribution in [0, 0.1) is 6.92 Å². The first kappa shape index (κ1) is 12.9. The zero-order valence-corrected chi connectivity index (χ0v) is 11.1. The first-order valence-corrected chi connectivity index (χ1v) is 5.96. The van der Waals surface area contributed by atoms with Gasteiger partial charge in [0.15, 0.2) is 5.78 Å². The fraction of sp³-hybridized carbons (Fsp3) is 0.0769. The van der Waals surface area contributed by atoms with Gasteiger partial charge in [0.05, 0.1) is 15.7 Å². The number of nitrogens with zero attached hydrogens (tertiary/aromatic N) is 1. The average molecular weight is 281 g/mol. The van der Waals surface area contributed by atoms with Gasteiger partial charge in [-0.05, 0) is 31.2 Å². The highest BCUT2D eigenvalue weighted by molar-refractivity contribution is 6.39. The van der Waals surface area contributed by atoms with E-state index >= 15 is 0 Å². The van der Waals surface area contributed by atoms with Crippen molar-refractivity contribution < 1.29 is 4.79 Å². The summed E-state index contributed by atoms with van der Waals surface area (Å²) in [6.07, 6.45) is 1.52. The van der Waals surface area contributed by atoms with Crippen molar-refractivity contribution in [1.82, 2.24) is 4.98 Å². The van der Waals surface area contributed by atoms with E-state index in [9.17, 15) is 4.79 Å². The Kier molecular flexibility index (Phi) is 3.55. The largest absolute Gasteiger partial charge is 0.396 e. The molecule has 0 aliphatic heterocycles. The highest BCUT2D eigenvalue weighted by Crippen LogP contribution is 2.29. The van der Waals surface area contributed by atoms with Gasteiger partial charge in [0.2, 0.25) is 0 Å². The van der Waals surface area contributed by atoms with Gasteiger partial charge in [-0.1, -0.05) is 23.2 Å². The van der Waals surface area contributed by atoms with Crippen LogP contribution in [0.2, 0.25) is 10.0 Å². The molecule has 0 fully saturated rings. The predicted octanol–water partition coefficient (Wildman–Crippen LogP) is 3.51. The fourth-order valence-electron chi connectivity index (χ4n) is 1.48. The van der Waals surface area contributed by atoms with Crippen LogP contribution in [0.15, 0.2) is 30.5 Å². The third kappa shape index (κ3) is 2.47. The number of aryl methyl sites for hydroxylation is 1. The summed E-state index contributed by atoms with van der Waals surface area (Å²) >= 11 is 11.8. The van der Waals surface area contributed by atoms with E-state index in [1.807, 2.05) is 6.92 Å². The summed E-state index contributed by atoms with van der Waals surface area (Å²) in [6, 6.07) is 6.49. The molecule has 2 aromatic rings. The molecule has 0 saturated heterocycles. The number of hydrogen-bond donors (Lipinski definition) is 1. The standard InChI is InChI=1S/C13H10Cl2N2O/c1-7-2-3-8(6-17-7)13(18)9-4-10(14)12(16)11(15)5-9/h2-6H,16H2,1H3. The number of halogens is 2. The third-order valence-corrected chi connectivity index (χ3v) is 3.14. The van der Waals surface area contributed by atoms with Gasteiger partial charge < -0.3 is 5.73 Å². The van der Waals surface area contributed by atoms with Gasteiger partial charge in [-0.3, -0.25) is 9.78 Å². The van der Waals surface area contributed by atoms with Crippen LogP contribution in [0.1, 0.15) is 21.6 Å². The van der Waals surface area contributed by atoms with Crippen molar-refractivity contribution in [3.8, 4) is 0 Å². The Bertz CT molecular complexity index is 586. The predicted molar refractivity (Wildman–Crippen MR) is 73.3 cm³/mol. The van der Waals surface area contributed by atoms with E-state index < -0.39 is 0 Å². The summed E-state index contributed by atoms with van der Waals surface area (Å²) in [5.74, 6) is -0.189. The number of aromatic nitrogens is 1. The maximum absolute atomic E-state index is 12.2. The van der Waals surface area contributed by atoms with Crippen LogP contribution in [0.5, 0.6) is 0 Å². The van der Waals surface area contributed by atoms with Gasteiger partial charge in [0.25, 0.3) is 0 Å². The van der Waals surface area contributed by atoms with E-state index in [0.29, 0.717) is 11.1 Å². The Balaban J connectivity index is 2.43. The second-order valence-corrected chi connectivity index (χ2v) is 4.69. The van der Waals surface area contributed by atoms with Crippen molar-refractivity contribution >= 4 is 34.7 Å². The van der Waals surface area contributed by atoms with E-state index in [0.717, 1.165) is 5.69 Å². The number of nitrogens with two attached hydrogens (primary N) is 1. The van der Waals surface area contributed by atoms with Crippen LogP contribution in [-0.4, -0.2) is 10.8 Å². The lowest BCUT2D eigenvalue weighted by Gasteiger charge is -2.06. The Morgan fingerprint density at radius 3 is 2.28 bits per heavy atom. The monoisotopic (exact) mass is 280 g/mol. The zero-order valence-electron chi connectivity index (χ0n) is 9.58. The quantitative estimate of drug-likeness (QED) is 0.677. The minimum atomic E-state index is -0.189. The number of rotatable bonds is 2. The molecule has 1 aromatic carbocycles. The Hall–Kier alpha value is -1.58. The summed E-state index contributed by atoms with van der Waals surface area (Å²) in [4.78, 5) is 16.3. The molecule has 2 N–H and O–H groups in total. The summed E-state index contributed by atoms with van der Waals surface area (Å²) in [6.45, 7) is 1.85. The fourth-order valence-corrected chi connectivity index (χ4v) is 1.97. The molecule has 18 heavy (non-hydrogen) atoms. The lowest BCUT2D eigenvalue weighted by Crippen LogP contribution is -2.03. The van der Waals surface area contributed by atoms with Crippen molar-refractivity contribution in [1.29, 1.82) is 0 Å². The van der Waals surface area contributed by atoms with Crippen LogP contribution in [0.4, 0.5) is 5.69 Å². The first-order valence-electron chi connectivity index (χ1n) is 5.21. The summed E-state index contributed by atoms with van der Waals surface area (Å²) in [7, 11) is 0. The number of carbonyl (C=O) groups excluding carboxylic acids is 1. The minimum Gasteiger partial charge on any atom is -0.396 e. The Morgan fingerprint density at radius 1 is 1.17 bits per heavy atom. The van der Waals surface area contributed by atoms with Crippen LogP contribution < -0.4 is 5.73 Å². The molecule has 0 aliphatic rings. The maximum Gasteiger partial charge on any atom is 0.194 e. The molecule has 1 heterocycles. The number of benzene rings is 1. The van der Waals surface area contributed by atoms with Crippen molar-refractivity contribution in [2.45, 2.75) is 6.92 Å². The van der Waals surface area contributed by atoms with Gasteiger partial charge in [-0.25, -0.2) is 0 Å². The number of pyridine rings is 1. The van der Waals surface area contributed by atoms with E-state index in [4.69, 9.17) is 28.9 Å². The number of ketones is 1. The topological polar surface area (TPSA) is 56.0 Å². The molecule has 2 rings (SSSR count). The minimum absolute atomic E-state index is 0.189. The number of hydrogen-bond acceptors (Lipinski definition) is 3. The van der Waals surface area contributed by atoms with Crippen molar-refractivity contribution in [3.63, 3.8) is 0 Å². The molecule has 0 unspecified atom stereocenters. The number of nitrogen functional groups attached to an aromatic ring is 1. The molecule has 0 bridgehead atoms. The van der Waals surface area contributed by atoms with Gasteiger partial charge >= 0.3 is 0 Å². The number of carbonyl (C=O) groups is 1. The maximum atomic E-state index is 12.2. The van der Waals surface area contributed by atoms with Gasteiger partial charge in [-0.2, -0.15) is 0 Å². The second kappa shape index (κ2) is 4.96. The van der Waals surface area contributed by atoms with Crippen molar-refractivity contribution in [3.05, 3.63) is 57.3 Å². The van der Waals surface area contributed by atoms with Gasteiger partial charge in [0, 0.05) is 23.0 Å². The first-order chi connectivity index (χ1) is 8.49. The lowest BCUT2D eigenvalue weighted by molar-refractivity contribution is 0.103. The normalized spacial score (nSPS) is 10.4. The van der Waals surface area contributed by atoms with Crippen LogP contribution in [-0.2, 0) is 0 Å². The molecule has 92 valence electrons. The van der Waals surface area contributed by atoms with Crippen molar-refractivity contribution in [2.24, 2.45) is 0 Å². The molecule has 0 saturated carbocycles. The average Bonchev–Trinajstić information content (AvgIpc) is 2.35. The summed E-state index contributed by atoms with van der Waals surface area (Å²) in [5.41, 5.74) is 7.62. The summed E-state index contributed by atoms with van der Waals surface area (Å²) in [5, 5.41) is 0.539. The highest BCUT2D eigenvalue weighted by Gasteiger charge is 2.13. The molecular formula is C13H10Cl2N2O. The van der Waals surface area contributed by atoms with Crippen LogP contribution in [0.25, 0.3) is 0 Å². The van der Waals surface area contributed by atoms with E-state index in [-0.39, 0.29) is 21.5 Å². The molecule has 5 heteroatoms. The third-order valence-electron chi connectivity index (χ3n) is 2.51. The SMILES string of the molecule is Cc1ccc(C(=O)c2cc(Cl)c(N)c(Cl)c2)cn1. The number of anilines is 1. The van der Waals surface area contributed by atoms with E-state index in [1.54, 1.807) is 12.1 Å². The van der Waals surface area contributed by atoms with Crippen LogP contribution >= 0.6 is 23.2 Å². The van der Waals surface area contributed by atoms with Crippen LogP contribution in [0.3, 0.4) is 0 Å². The second-order valence-electron chi connectivity index (χ2n) is 3.87. The molecule has 0 amide bonds. The van der Waals surface area contributed by atoms with Crippen molar-refractivity contribution in [2.75, 3.05) is 5.73 Å². The summed E-state index contributed by atoms with van der Waals surface area (Å²) < 4.78 is 0. The van der Waals surface area contributed by atoms with Gasteiger partial charge in [-0.15, -0.1) is 0 Å². The molecule has 0 radical (unpaired) electrons. The molecule has 0 atom stereocenters. The van der Waals surface area contributed by atoms with E-state index in [2.05, 4.69) is 4.98 Å². The molecule has 0 spiro atoms. The van der Waals surface area contributed by atoms with Gasteiger partial charge in [0.1, 0.15) is 0 Å². The Labute approximate surface area is 115 Å². The molecule has 0 aliphatic carbocycles. The Morgan fingerprint density at radius 2 is 1.78 bits per heavy atom. The lowest BCUT2D eigenvalue weighted by atomic mass is 10.0. The highest BCUT2D eigenvalue weighted by atomic mass is 35.5. The smallest absolute Gasteiger partial charge is 0.194 e.